The maximum absolute atomic E-state index is 13.6. The molecule has 0 saturated heterocycles. The van der Waals surface area contributed by atoms with Crippen LogP contribution in [0.5, 0.6) is 5.75 Å². The van der Waals surface area contributed by atoms with Crippen molar-refractivity contribution < 1.29 is 14.1 Å². The predicted molar refractivity (Wildman–Crippen MR) is 74.9 cm³/mol. The highest BCUT2D eigenvalue weighted by Crippen LogP contribution is 2.32. The molecule has 0 aliphatic carbocycles. The molecular weight excluding hydrogens is 279 g/mol. The number of benzene rings is 1. The van der Waals surface area contributed by atoms with E-state index >= 15 is 0 Å². The molecule has 0 aliphatic rings. The minimum atomic E-state index is -0.771. The van der Waals surface area contributed by atoms with Gasteiger partial charge in [0.2, 0.25) is 0 Å². The molecule has 0 amide bonds. The van der Waals surface area contributed by atoms with Crippen LogP contribution in [0.15, 0.2) is 18.3 Å². The number of nitrogens with zero attached hydrogens (tertiary/aromatic N) is 3. The first-order chi connectivity index (χ1) is 9.93. The number of aryl methyl sites for hydroxylation is 1. The van der Waals surface area contributed by atoms with Crippen LogP contribution in [0.2, 0.25) is 0 Å². The van der Waals surface area contributed by atoms with Gasteiger partial charge in [0.25, 0.3) is 5.69 Å². The van der Waals surface area contributed by atoms with Crippen molar-refractivity contribution in [2.24, 2.45) is 7.05 Å². The summed E-state index contributed by atoms with van der Waals surface area (Å²) >= 11 is 0. The lowest BCUT2D eigenvalue weighted by atomic mass is 10.2. The molecule has 0 bridgehead atoms. The van der Waals surface area contributed by atoms with E-state index in [-0.39, 0.29) is 17.1 Å². The molecule has 7 nitrogen and oxygen atoms in total. The monoisotopic (exact) mass is 294 g/mol. The van der Waals surface area contributed by atoms with Gasteiger partial charge in [0.1, 0.15) is 5.69 Å². The number of hydrogen-bond donors (Lipinski definition) is 1. The van der Waals surface area contributed by atoms with Crippen LogP contribution in [-0.4, -0.2) is 21.8 Å². The molecular formula is C13H15FN4O3. The normalized spacial score (nSPS) is 10.5. The summed E-state index contributed by atoms with van der Waals surface area (Å²) in [5, 5.41) is 18.0. The highest BCUT2D eigenvalue weighted by Gasteiger charge is 2.19. The number of hydrogen-bond acceptors (Lipinski definition) is 5. The quantitative estimate of drug-likeness (QED) is 0.676. The molecule has 0 aliphatic heterocycles. The molecule has 0 fully saturated rings. The molecule has 1 heterocycles. The summed E-state index contributed by atoms with van der Waals surface area (Å²) < 4.78 is 20.1. The largest absolute Gasteiger partial charge is 0.494 e. The van der Waals surface area contributed by atoms with Crippen LogP contribution in [-0.2, 0) is 13.6 Å². The molecule has 0 saturated carbocycles. The van der Waals surface area contributed by atoms with Crippen LogP contribution < -0.4 is 10.1 Å². The number of nitro groups is 1. The van der Waals surface area contributed by atoms with Gasteiger partial charge in [-0.25, -0.2) is 4.39 Å². The third-order valence-electron chi connectivity index (χ3n) is 3.27. The third-order valence-corrected chi connectivity index (χ3v) is 3.27. The van der Waals surface area contributed by atoms with Crippen LogP contribution in [0.25, 0.3) is 0 Å². The number of anilines is 1. The van der Waals surface area contributed by atoms with E-state index in [0.29, 0.717) is 6.54 Å². The zero-order valence-corrected chi connectivity index (χ0v) is 11.9. The average molecular weight is 294 g/mol. The Kier molecular flexibility index (Phi) is 4.06. The molecule has 8 heteroatoms. The Bertz CT molecular complexity index is 684. The maximum Gasteiger partial charge on any atom is 0.295 e. The summed E-state index contributed by atoms with van der Waals surface area (Å²) in [6.45, 7) is 2.24. The number of rotatable bonds is 5. The lowest BCUT2D eigenvalue weighted by Gasteiger charge is -2.09. The van der Waals surface area contributed by atoms with Crippen molar-refractivity contribution in [2.45, 2.75) is 13.5 Å². The Labute approximate surface area is 120 Å². The van der Waals surface area contributed by atoms with Crippen molar-refractivity contribution in [3.63, 3.8) is 0 Å². The summed E-state index contributed by atoms with van der Waals surface area (Å²) in [6.07, 6.45) is 1.68. The maximum atomic E-state index is 13.6. The van der Waals surface area contributed by atoms with E-state index in [1.165, 1.54) is 13.2 Å². The molecule has 2 aromatic rings. The van der Waals surface area contributed by atoms with Gasteiger partial charge in [0.05, 0.1) is 24.3 Å². The number of nitrogens with one attached hydrogen (secondary N) is 1. The Morgan fingerprint density at radius 2 is 2.24 bits per heavy atom. The van der Waals surface area contributed by atoms with Gasteiger partial charge in [-0.1, -0.05) is 0 Å². The van der Waals surface area contributed by atoms with Crippen molar-refractivity contribution >= 4 is 11.4 Å². The molecule has 0 spiro atoms. The Hall–Kier alpha value is -2.64. The molecule has 21 heavy (non-hydrogen) atoms. The van der Waals surface area contributed by atoms with Crippen LogP contribution in [0.4, 0.5) is 15.8 Å². The van der Waals surface area contributed by atoms with Gasteiger partial charge in [0.15, 0.2) is 11.6 Å². The second kappa shape index (κ2) is 5.78. The van der Waals surface area contributed by atoms with Crippen molar-refractivity contribution in [3.05, 3.63) is 45.5 Å². The highest BCUT2D eigenvalue weighted by atomic mass is 19.1. The van der Waals surface area contributed by atoms with E-state index in [1.54, 1.807) is 10.9 Å². The zero-order chi connectivity index (χ0) is 15.6. The lowest BCUT2D eigenvalue weighted by molar-refractivity contribution is -0.384. The lowest BCUT2D eigenvalue weighted by Crippen LogP contribution is -2.05. The smallest absolute Gasteiger partial charge is 0.295 e. The third kappa shape index (κ3) is 2.93. The first-order valence-corrected chi connectivity index (χ1v) is 6.17. The molecule has 2 rings (SSSR count). The summed E-state index contributed by atoms with van der Waals surface area (Å²) in [5.41, 5.74) is 1.70. The van der Waals surface area contributed by atoms with Gasteiger partial charge in [-0.2, -0.15) is 5.10 Å². The van der Waals surface area contributed by atoms with Crippen molar-refractivity contribution in [1.29, 1.82) is 0 Å². The number of methoxy groups -OCH3 is 1. The minimum Gasteiger partial charge on any atom is -0.494 e. The standard InChI is InChI=1S/C13H15FN4O3/c1-8-9(7-16-17(8)2)6-15-11-5-13(21-3)10(14)4-12(11)18(19)20/h4-5,7,15H,6H2,1-3H3. The fourth-order valence-corrected chi connectivity index (χ4v) is 1.90. The van der Waals surface area contributed by atoms with E-state index in [9.17, 15) is 14.5 Å². The van der Waals surface area contributed by atoms with Crippen LogP contribution in [0.3, 0.4) is 0 Å². The fourth-order valence-electron chi connectivity index (χ4n) is 1.90. The van der Waals surface area contributed by atoms with Gasteiger partial charge < -0.3 is 10.1 Å². The summed E-state index contributed by atoms with van der Waals surface area (Å²) in [4.78, 5) is 10.4. The number of aromatic nitrogens is 2. The Morgan fingerprint density at radius 3 is 2.76 bits per heavy atom. The van der Waals surface area contributed by atoms with E-state index in [1.807, 2.05) is 14.0 Å². The Balaban J connectivity index is 2.30. The molecule has 0 unspecified atom stereocenters. The van der Waals surface area contributed by atoms with E-state index in [4.69, 9.17) is 4.74 Å². The predicted octanol–water partition coefficient (Wildman–Crippen LogP) is 2.40. The SMILES string of the molecule is COc1cc(NCc2cnn(C)c2C)c([N+](=O)[O-])cc1F. The van der Waals surface area contributed by atoms with Crippen LogP contribution in [0.1, 0.15) is 11.3 Å². The molecule has 1 N–H and O–H groups in total. The highest BCUT2D eigenvalue weighted by molar-refractivity contribution is 5.64. The second-order valence-electron chi connectivity index (χ2n) is 4.49. The topological polar surface area (TPSA) is 82.2 Å². The summed E-state index contributed by atoms with van der Waals surface area (Å²) in [7, 11) is 3.11. The van der Waals surface area contributed by atoms with E-state index < -0.39 is 10.7 Å². The van der Waals surface area contributed by atoms with Crippen molar-refractivity contribution in [3.8, 4) is 5.75 Å². The molecule has 0 atom stereocenters. The Morgan fingerprint density at radius 1 is 1.52 bits per heavy atom. The minimum absolute atomic E-state index is 0.0500. The van der Waals surface area contributed by atoms with Crippen LogP contribution >= 0.6 is 0 Å². The van der Waals surface area contributed by atoms with Crippen molar-refractivity contribution in [2.75, 3.05) is 12.4 Å². The fraction of sp³-hybridized carbons (Fsp3) is 0.308. The van der Waals surface area contributed by atoms with Gasteiger partial charge in [-0.3, -0.25) is 14.8 Å². The van der Waals surface area contributed by atoms with E-state index in [0.717, 1.165) is 17.3 Å². The number of nitro benzene ring substituents is 1. The molecule has 0 radical (unpaired) electrons. The van der Waals surface area contributed by atoms with Gasteiger partial charge in [0, 0.05) is 30.9 Å². The molecule has 1 aromatic carbocycles. The van der Waals surface area contributed by atoms with Gasteiger partial charge >= 0.3 is 0 Å². The van der Waals surface area contributed by atoms with Crippen molar-refractivity contribution in [1.82, 2.24) is 9.78 Å². The zero-order valence-electron chi connectivity index (χ0n) is 11.9. The van der Waals surface area contributed by atoms with Gasteiger partial charge in [-0.15, -0.1) is 0 Å². The molecule has 112 valence electrons. The van der Waals surface area contributed by atoms with Gasteiger partial charge in [-0.05, 0) is 6.92 Å². The van der Waals surface area contributed by atoms with E-state index in [2.05, 4.69) is 10.4 Å². The summed E-state index contributed by atoms with van der Waals surface area (Å²) in [6, 6.07) is 2.12. The number of ether oxygens (including phenoxy) is 1. The number of halogens is 1. The second-order valence-corrected chi connectivity index (χ2v) is 4.49. The summed E-state index contributed by atoms with van der Waals surface area (Å²) in [5.74, 6) is -0.821. The first kappa shape index (κ1) is 14.8. The average Bonchev–Trinajstić information content (AvgIpc) is 2.77. The van der Waals surface area contributed by atoms with Crippen LogP contribution in [0, 0.1) is 22.9 Å². The first-order valence-electron chi connectivity index (χ1n) is 6.17. The molecule has 1 aromatic heterocycles.